The number of nitrogens with one attached hydrogen (secondary N) is 2. The molecular formula is C47H60N8O6. The van der Waals surface area contributed by atoms with Gasteiger partial charge in [-0.25, -0.2) is 20.5 Å². The van der Waals surface area contributed by atoms with Gasteiger partial charge in [0.2, 0.25) is 0 Å². The van der Waals surface area contributed by atoms with E-state index in [0.29, 0.717) is 56.9 Å². The highest BCUT2D eigenvalue weighted by molar-refractivity contribution is 5.94. The van der Waals surface area contributed by atoms with Crippen LogP contribution in [0.5, 0.6) is 0 Å². The van der Waals surface area contributed by atoms with E-state index in [-0.39, 0.29) is 36.2 Å². The lowest BCUT2D eigenvalue weighted by Crippen LogP contribution is -2.60. The number of unbranched alkanes of at least 4 members (excludes halogenated alkanes) is 1. The molecule has 0 saturated carbocycles. The Hall–Kier alpha value is -5.80. The van der Waals surface area contributed by atoms with Gasteiger partial charge in [0.25, 0.3) is 11.8 Å². The Morgan fingerprint density at radius 3 is 1.51 bits per heavy atom. The van der Waals surface area contributed by atoms with Gasteiger partial charge in [0.05, 0.1) is 0 Å². The van der Waals surface area contributed by atoms with Crippen molar-refractivity contribution in [2.45, 2.75) is 84.2 Å². The third kappa shape index (κ3) is 11.1. The monoisotopic (exact) mass is 832 g/mol. The van der Waals surface area contributed by atoms with E-state index < -0.39 is 11.8 Å². The highest BCUT2D eigenvalue weighted by Crippen LogP contribution is 2.26. The molecule has 2 aliphatic rings. The average Bonchev–Trinajstić information content (AvgIpc) is 3.28. The van der Waals surface area contributed by atoms with Crippen molar-refractivity contribution in [2.24, 2.45) is 0 Å². The number of para-hydroxylation sites is 1. The van der Waals surface area contributed by atoms with Crippen molar-refractivity contribution in [1.82, 2.24) is 30.6 Å². The maximum Gasteiger partial charge on any atom is 0.324 e. The molecule has 0 aliphatic carbocycles. The maximum atomic E-state index is 14.3. The fourth-order valence-electron chi connectivity index (χ4n) is 8.68. The number of benzene rings is 4. The van der Waals surface area contributed by atoms with Crippen molar-refractivity contribution in [2.75, 3.05) is 49.6 Å². The second-order valence-corrected chi connectivity index (χ2v) is 16.6. The lowest BCUT2D eigenvalue weighted by molar-refractivity contribution is 0.0509. The van der Waals surface area contributed by atoms with E-state index in [1.54, 1.807) is 40.1 Å². The van der Waals surface area contributed by atoms with Crippen LogP contribution in [-0.4, -0.2) is 118 Å². The zero-order valence-corrected chi connectivity index (χ0v) is 35.9. The summed E-state index contributed by atoms with van der Waals surface area (Å²) in [5.41, 5.74) is 9.06. The van der Waals surface area contributed by atoms with Crippen LogP contribution in [-0.2, 0) is 19.5 Å². The Morgan fingerprint density at radius 1 is 0.574 bits per heavy atom. The third-order valence-electron chi connectivity index (χ3n) is 12.1. The number of hydrogen-bond donors (Lipinski definition) is 4. The molecule has 4 aromatic carbocycles. The highest BCUT2D eigenvalue weighted by atomic mass is 16.5. The summed E-state index contributed by atoms with van der Waals surface area (Å²) in [6.45, 7) is 12.9. The third-order valence-corrected chi connectivity index (χ3v) is 12.1. The van der Waals surface area contributed by atoms with Gasteiger partial charge in [0, 0.05) is 99.5 Å². The van der Waals surface area contributed by atoms with Crippen LogP contribution in [0.15, 0.2) is 103 Å². The molecule has 0 bridgehead atoms. The molecule has 0 aromatic heterocycles. The van der Waals surface area contributed by atoms with Gasteiger partial charge in [0.1, 0.15) is 0 Å². The smallest absolute Gasteiger partial charge is 0.321 e. The van der Waals surface area contributed by atoms with Crippen LogP contribution in [0.3, 0.4) is 0 Å². The van der Waals surface area contributed by atoms with E-state index in [0.717, 1.165) is 47.3 Å². The number of rotatable bonds is 13. The van der Waals surface area contributed by atoms with Crippen LogP contribution in [0.1, 0.15) is 77.9 Å². The zero-order valence-electron chi connectivity index (χ0n) is 35.9. The highest BCUT2D eigenvalue weighted by Gasteiger charge is 2.35. The number of aryl methyl sites for hydroxylation is 1. The SMILES string of the molecule is C[C@@H]1CN(C(=O)N(C)c2cccc(CCCCN(C(=O)N3C[C@@H](C)N(Cc4ccc(C(=O)NO)cc4)[C@@H](C)C3)c3ccccc3)c2)C[C@H](C)N1Cc1ccc(C(=O)NO)cc1. The Kier molecular flexibility index (Phi) is 15.1. The standard InChI is InChI=1S/C47H60N8O6/c1-33-27-51(28-34(2)54(33)31-38-17-21-40(22-18-38)44(56)48-60)46(58)50(5)43-16-11-13-37(26-43)12-9-10-25-53(42-14-7-6-8-15-42)47(59)52-29-35(3)55(36(4)30-52)32-39-19-23-41(24-20-39)45(57)49-61/h6-8,11,13-24,26,33-36,60-61H,9-10,12,25,27-32H2,1-5H3,(H,48,56)(H,49,57)/t33-,34+,35-,36+. The number of urea groups is 2. The van der Waals surface area contributed by atoms with Crippen LogP contribution in [0.4, 0.5) is 21.0 Å². The van der Waals surface area contributed by atoms with E-state index in [1.807, 2.05) is 88.5 Å². The predicted molar refractivity (Wildman–Crippen MR) is 236 cm³/mol. The molecule has 14 nitrogen and oxygen atoms in total. The number of hydrogen-bond acceptors (Lipinski definition) is 8. The molecule has 14 heteroatoms. The normalized spacial score (nSPS) is 19.6. The van der Waals surface area contributed by atoms with Gasteiger partial charge in [-0.3, -0.25) is 39.6 Å². The number of anilines is 2. The molecular weight excluding hydrogens is 773 g/mol. The first-order valence-electron chi connectivity index (χ1n) is 21.2. The summed E-state index contributed by atoms with van der Waals surface area (Å²) in [6.07, 6.45) is 2.48. The van der Waals surface area contributed by atoms with E-state index in [2.05, 4.69) is 49.6 Å². The van der Waals surface area contributed by atoms with Crippen molar-refractivity contribution in [1.29, 1.82) is 0 Å². The summed E-state index contributed by atoms with van der Waals surface area (Å²) < 4.78 is 0. The lowest BCUT2D eigenvalue weighted by Gasteiger charge is -2.45. The van der Waals surface area contributed by atoms with Crippen LogP contribution in [0.25, 0.3) is 0 Å². The molecule has 6 amide bonds. The number of hydroxylamine groups is 2. The van der Waals surface area contributed by atoms with Crippen LogP contribution >= 0.6 is 0 Å². The summed E-state index contributed by atoms with van der Waals surface area (Å²) in [5.74, 6) is -1.09. The lowest BCUT2D eigenvalue weighted by atomic mass is 10.0. The number of carbonyl (C=O) groups is 4. The molecule has 61 heavy (non-hydrogen) atoms. The van der Waals surface area contributed by atoms with Crippen molar-refractivity contribution in [3.05, 3.63) is 131 Å². The molecule has 2 aliphatic heterocycles. The molecule has 0 unspecified atom stereocenters. The number of piperazine rings is 2. The van der Waals surface area contributed by atoms with Crippen LogP contribution in [0, 0.1) is 0 Å². The predicted octanol–water partition coefficient (Wildman–Crippen LogP) is 6.62. The minimum atomic E-state index is -0.544. The summed E-state index contributed by atoms with van der Waals surface area (Å²) >= 11 is 0. The second-order valence-electron chi connectivity index (χ2n) is 16.6. The van der Waals surface area contributed by atoms with Gasteiger partial charge < -0.3 is 9.80 Å². The van der Waals surface area contributed by atoms with Gasteiger partial charge in [-0.05, 0) is 112 Å². The van der Waals surface area contributed by atoms with Crippen molar-refractivity contribution in [3.63, 3.8) is 0 Å². The van der Waals surface area contributed by atoms with Crippen molar-refractivity contribution >= 4 is 35.3 Å². The first-order valence-corrected chi connectivity index (χ1v) is 21.2. The maximum absolute atomic E-state index is 14.3. The van der Waals surface area contributed by atoms with E-state index >= 15 is 0 Å². The largest absolute Gasteiger partial charge is 0.324 e. The number of carbonyl (C=O) groups excluding carboxylic acids is 4. The van der Waals surface area contributed by atoms with Gasteiger partial charge in [-0.2, -0.15) is 0 Å². The Bertz CT molecular complexity index is 2080. The van der Waals surface area contributed by atoms with E-state index in [9.17, 15) is 19.2 Å². The minimum Gasteiger partial charge on any atom is -0.321 e. The molecule has 0 spiro atoms. The molecule has 324 valence electrons. The quantitative estimate of drug-likeness (QED) is 0.0667. The van der Waals surface area contributed by atoms with Gasteiger partial charge in [-0.1, -0.05) is 54.6 Å². The Morgan fingerprint density at radius 2 is 1.03 bits per heavy atom. The summed E-state index contributed by atoms with van der Waals surface area (Å²) in [5, 5.41) is 17.9. The fraction of sp³-hybridized carbons (Fsp3) is 0.404. The molecule has 2 saturated heterocycles. The van der Waals surface area contributed by atoms with Crippen LogP contribution in [0.2, 0.25) is 0 Å². The molecule has 0 radical (unpaired) electrons. The average molecular weight is 833 g/mol. The Labute approximate surface area is 359 Å². The van der Waals surface area contributed by atoms with Crippen molar-refractivity contribution in [3.8, 4) is 0 Å². The zero-order chi connectivity index (χ0) is 43.6. The first-order chi connectivity index (χ1) is 29.4. The summed E-state index contributed by atoms with van der Waals surface area (Å²) in [7, 11) is 1.83. The Balaban J connectivity index is 1.01. The fourth-order valence-corrected chi connectivity index (χ4v) is 8.68. The van der Waals surface area contributed by atoms with E-state index in [1.165, 1.54) is 0 Å². The van der Waals surface area contributed by atoms with Crippen LogP contribution < -0.4 is 20.8 Å². The molecule has 4 aromatic rings. The number of nitrogens with zero attached hydrogens (tertiary/aromatic N) is 6. The molecule has 2 fully saturated rings. The second kappa shape index (κ2) is 20.6. The first kappa shape index (κ1) is 44.7. The molecule has 6 rings (SSSR count). The van der Waals surface area contributed by atoms with E-state index in [4.69, 9.17) is 10.4 Å². The van der Waals surface area contributed by atoms with Gasteiger partial charge in [-0.15, -0.1) is 0 Å². The van der Waals surface area contributed by atoms with Crippen molar-refractivity contribution < 1.29 is 29.6 Å². The molecule has 2 heterocycles. The van der Waals surface area contributed by atoms with Gasteiger partial charge in [0.15, 0.2) is 0 Å². The summed E-state index contributed by atoms with van der Waals surface area (Å²) in [6, 6.07) is 32.8. The summed E-state index contributed by atoms with van der Waals surface area (Å²) in [4.78, 5) is 63.9. The topological polar surface area (TPSA) is 152 Å². The molecule has 4 N–H and O–H groups in total. The number of amides is 6. The minimum absolute atomic E-state index is 0.00104. The molecule has 4 atom stereocenters. The van der Waals surface area contributed by atoms with Gasteiger partial charge >= 0.3 is 12.1 Å².